The quantitative estimate of drug-likeness (QED) is 0.858. The molecule has 0 saturated carbocycles. The van der Waals surface area contributed by atoms with Crippen molar-refractivity contribution in [2.75, 3.05) is 11.9 Å². The molecule has 0 aliphatic heterocycles. The van der Waals surface area contributed by atoms with Crippen LogP contribution in [0.1, 0.15) is 24.4 Å². The van der Waals surface area contributed by atoms with Crippen molar-refractivity contribution in [3.8, 4) is 0 Å². The molecule has 0 atom stereocenters. The zero-order valence-electron chi connectivity index (χ0n) is 11.6. The minimum absolute atomic E-state index is 0.736. The highest BCUT2D eigenvalue weighted by Gasteiger charge is 2.31. The van der Waals surface area contributed by atoms with Crippen LogP contribution < -0.4 is 5.32 Å². The van der Waals surface area contributed by atoms with E-state index < -0.39 is 11.4 Å². The van der Waals surface area contributed by atoms with E-state index in [4.69, 9.17) is 0 Å². The Hall–Kier alpha value is -1.88. The summed E-state index contributed by atoms with van der Waals surface area (Å²) < 4.78 is 0. The normalized spacial score (nSPS) is 11.3. The van der Waals surface area contributed by atoms with Gasteiger partial charge in [-0.25, -0.2) is 4.98 Å². The fraction of sp³-hybridized carbons (Fsp3) is 0.333. The van der Waals surface area contributed by atoms with Crippen molar-refractivity contribution in [1.29, 1.82) is 0 Å². The first-order chi connectivity index (χ1) is 9.51. The SMILES string of the molecule is CC(C)(C(=O)O)c1ccccc1NCCc1nccs1. The second kappa shape index (κ2) is 6.05. The molecule has 1 aromatic heterocycles. The van der Waals surface area contributed by atoms with Crippen LogP contribution in [-0.2, 0) is 16.6 Å². The lowest BCUT2D eigenvalue weighted by Crippen LogP contribution is -2.29. The third-order valence-electron chi connectivity index (χ3n) is 3.27. The number of hydrogen-bond acceptors (Lipinski definition) is 4. The minimum atomic E-state index is -0.912. The highest BCUT2D eigenvalue weighted by atomic mass is 32.1. The summed E-state index contributed by atoms with van der Waals surface area (Å²) in [6.45, 7) is 4.17. The van der Waals surface area contributed by atoms with E-state index in [2.05, 4.69) is 10.3 Å². The van der Waals surface area contributed by atoms with Crippen LogP contribution in [0.2, 0.25) is 0 Å². The summed E-state index contributed by atoms with van der Waals surface area (Å²) in [5, 5.41) is 15.7. The molecule has 0 fully saturated rings. The van der Waals surface area contributed by atoms with Crippen molar-refractivity contribution >= 4 is 23.0 Å². The second-order valence-electron chi connectivity index (χ2n) is 5.08. The fourth-order valence-corrected chi connectivity index (χ4v) is 2.60. The highest BCUT2D eigenvalue weighted by Crippen LogP contribution is 2.30. The molecule has 1 aromatic carbocycles. The summed E-state index contributed by atoms with van der Waals surface area (Å²) in [7, 11) is 0. The largest absolute Gasteiger partial charge is 0.481 e. The topological polar surface area (TPSA) is 62.2 Å². The first-order valence-corrected chi connectivity index (χ1v) is 7.35. The van der Waals surface area contributed by atoms with Gasteiger partial charge in [-0.15, -0.1) is 11.3 Å². The van der Waals surface area contributed by atoms with Gasteiger partial charge in [-0.3, -0.25) is 4.79 Å². The molecule has 0 saturated heterocycles. The number of thiazole rings is 1. The number of carbonyl (C=O) groups is 1. The first kappa shape index (κ1) is 14.5. The Labute approximate surface area is 122 Å². The number of para-hydroxylation sites is 1. The Balaban J connectivity index is 2.10. The third kappa shape index (κ3) is 3.17. The molecular formula is C15H18N2O2S. The lowest BCUT2D eigenvalue weighted by molar-refractivity contribution is -0.142. The molecule has 2 aromatic rings. The Bertz CT molecular complexity index is 579. The Kier molecular flexibility index (Phi) is 4.39. The fourth-order valence-electron chi connectivity index (χ4n) is 1.98. The first-order valence-electron chi connectivity index (χ1n) is 6.47. The van der Waals surface area contributed by atoms with Crippen LogP contribution in [0.4, 0.5) is 5.69 Å². The van der Waals surface area contributed by atoms with Crippen molar-refractivity contribution in [1.82, 2.24) is 4.98 Å². The molecule has 5 heteroatoms. The van der Waals surface area contributed by atoms with Crippen LogP contribution >= 0.6 is 11.3 Å². The monoisotopic (exact) mass is 290 g/mol. The van der Waals surface area contributed by atoms with Gasteiger partial charge >= 0.3 is 5.97 Å². The van der Waals surface area contributed by atoms with E-state index in [0.29, 0.717) is 0 Å². The van der Waals surface area contributed by atoms with E-state index in [0.717, 1.165) is 29.2 Å². The Morgan fingerprint density at radius 1 is 1.40 bits per heavy atom. The van der Waals surface area contributed by atoms with Crippen molar-refractivity contribution in [2.24, 2.45) is 0 Å². The number of hydrogen-bond donors (Lipinski definition) is 2. The lowest BCUT2D eigenvalue weighted by Gasteiger charge is -2.23. The van der Waals surface area contributed by atoms with Gasteiger partial charge in [0, 0.05) is 30.2 Å². The molecule has 106 valence electrons. The number of aliphatic carboxylic acids is 1. The summed E-state index contributed by atoms with van der Waals surface area (Å²) in [6.07, 6.45) is 2.63. The number of carboxylic acids is 1. The van der Waals surface area contributed by atoms with Crippen LogP contribution in [-0.4, -0.2) is 22.6 Å². The third-order valence-corrected chi connectivity index (χ3v) is 4.11. The summed E-state index contributed by atoms with van der Waals surface area (Å²) >= 11 is 1.63. The molecule has 4 nitrogen and oxygen atoms in total. The van der Waals surface area contributed by atoms with Crippen LogP contribution in [0.3, 0.4) is 0 Å². The van der Waals surface area contributed by atoms with Gasteiger partial charge in [0.25, 0.3) is 0 Å². The van der Waals surface area contributed by atoms with Gasteiger partial charge in [0.05, 0.1) is 10.4 Å². The van der Waals surface area contributed by atoms with Gasteiger partial charge in [0.2, 0.25) is 0 Å². The van der Waals surface area contributed by atoms with Crippen molar-refractivity contribution in [3.63, 3.8) is 0 Å². The molecule has 0 spiro atoms. The molecule has 20 heavy (non-hydrogen) atoms. The molecule has 0 amide bonds. The average Bonchev–Trinajstić information content (AvgIpc) is 2.92. The van der Waals surface area contributed by atoms with E-state index >= 15 is 0 Å². The molecule has 2 rings (SSSR count). The summed E-state index contributed by atoms with van der Waals surface area (Å²) in [5.74, 6) is -0.827. The van der Waals surface area contributed by atoms with Gasteiger partial charge in [-0.1, -0.05) is 18.2 Å². The standard InChI is InChI=1S/C15H18N2O2S/c1-15(2,14(18)19)11-5-3-4-6-12(11)16-8-7-13-17-9-10-20-13/h3-6,9-10,16H,7-8H2,1-2H3,(H,18,19). The average molecular weight is 290 g/mol. The van der Waals surface area contributed by atoms with Crippen LogP contribution in [0.25, 0.3) is 0 Å². The van der Waals surface area contributed by atoms with Crippen LogP contribution in [0.15, 0.2) is 35.8 Å². The zero-order valence-corrected chi connectivity index (χ0v) is 12.4. The van der Waals surface area contributed by atoms with Crippen molar-refractivity contribution < 1.29 is 9.90 Å². The Morgan fingerprint density at radius 3 is 2.80 bits per heavy atom. The number of anilines is 1. The predicted octanol–water partition coefficient (Wildman–Crippen LogP) is 3.16. The number of carboxylic acid groups (broad SMARTS) is 1. The van der Waals surface area contributed by atoms with E-state index in [1.165, 1.54) is 0 Å². The predicted molar refractivity (Wildman–Crippen MR) is 81.4 cm³/mol. The molecule has 1 heterocycles. The van der Waals surface area contributed by atoms with Gasteiger partial charge in [0.1, 0.15) is 0 Å². The Morgan fingerprint density at radius 2 is 2.15 bits per heavy atom. The number of aromatic nitrogens is 1. The molecule has 0 aliphatic carbocycles. The van der Waals surface area contributed by atoms with Gasteiger partial charge < -0.3 is 10.4 Å². The van der Waals surface area contributed by atoms with Gasteiger partial charge in [0.15, 0.2) is 0 Å². The van der Waals surface area contributed by atoms with Gasteiger partial charge in [-0.2, -0.15) is 0 Å². The number of rotatable bonds is 6. The highest BCUT2D eigenvalue weighted by molar-refractivity contribution is 7.09. The molecule has 0 unspecified atom stereocenters. The molecule has 0 aliphatic rings. The molecule has 0 bridgehead atoms. The smallest absolute Gasteiger partial charge is 0.313 e. The number of nitrogens with zero attached hydrogens (tertiary/aromatic N) is 1. The molecular weight excluding hydrogens is 272 g/mol. The maximum atomic E-state index is 11.4. The van der Waals surface area contributed by atoms with Crippen molar-refractivity contribution in [3.05, 3.63) is 46.4 Å². The summed E-state index contributed by atoms with van der Waals surface area (Å²) in [5.41, 5.74) is 0.758. The second-order valence-corrected chi connectivity index (χ2v) is 6.06. The zero-order chi connectivity index (χ0) is 14.6. The van der Waals surface area contributed by atoms with E-state index in [1.807, 2.05) is 29.6 Å². The van der Waals surface area contributed by atoms with E-state index in [-0.39, 0.29) is 0 Å². The van der Waals surface area contributed by atoms with Crippen LogP contribution in [0.5, 0.6) is 0 Å². The maximum Gasteiger partial charge on any atom is 0.313 e. The summed E-state index contributed by atoms with van der Waals surface area (Å²) in [6, 6.07) is 7.56. The van der Waals surface area contributed by atoms with Crippen LogP contribution in [0, 0.1) is 0 Å². The maximum absolute atomic E-state index is 11.4. The van der Waals surface area contributed by atoms with Crippen molar-refractivity contribution in [2.45, 2.75) is 25.7 Å². The minimum Gasteiger partial charge on any atom is -0.481 e. The number of benzene rings is 1. The van der Waals surface area contributed by atoms with E-state index in [1.54, 1.807) is 31.4 Å². The molecule has 2 N–H and O–H groups in total. The molecule has 0 radical (unpaired) electrons. The summed E-state index contributed by atoms with van der Waals surface area (Å²) in [4.78, 5) is 15.6. The number of nitrogens with one attached hydrogen (secondary N) is 1. The lowest BCUT2D eigenvalue weighted by atomic mass is 9.83. The van der Waals surface area contributed by atoms with E-state index in [9.17, 15) is 9.90 Å². The van der Waals surface area contributed by atoms with Gasteiger partial charge in [-0.05, 0) is 25.5 Å².